The fourth-order valence-electron chi connectivity index (χ4n) is 2.55. The second-order valence-electron chi connectivity index (χ2n) is 5.11. The molecule has 7 heteroatoms. The zero-order valence-electron chi connectivity index (χ0n) is 11.6. The van der Waals surface area contributed by atoms with Gasteiger partial charge in [0.2, 0.25) is 4.96 Å². The predicted molar refractivity (Wildman–Crippen MR) is 82.2 cm³/mol. The lowest BCUT2D eigenvalue weighted by Gasteiger charge is -2.25. The van der Waals surface area contributed by atoms with Gasteiger partial charge in [-0.1, -0.05) is 41.7 Å². The summed E-state index contributed by atoms with van der Waals surface area (Å²) in [5, 5.41) is 17.7. The maximum Gasteiger partial charge on any atom is 0.235 e. The Bertz CT molecular complexity index is 728. The van der Waals surface area contributed by atoms with Crippen LogP contribution in [0.2, 0.25) is 0 Å². The number of fused-ring (bicyclic) bond motifs is 1. The lowest BCUT2D eigenvalue weighted by atomic mass is 10.2. The minimum atomic E-state index is 0.813. The zero-order valence-corrected chi connectivity index (χ0v) is 12.4. The zero-order chi connectivity index (χ0) is 14.1. The molecule has 1 aromatic carbocycles. The van der Waals surface area contributed by atoms with Crippen molar-refractivity contribution in [1.29, 1.82) is 0 Å². The highest BCUT2D eigenvalue weighted by Crippen LogP contribution is 2.22. The molecule has 3 aromatic rings. The van der Waals surface area contributed by atoms with Gasteiger partial charge in [0.1, 0.15) is 5.01 Å². The van der Waals surface area contributed by atoms with Gasteiger partial charge in [-0.3, -0.25) is 4.90 Å². The Hall–Kier alpha value is -1.83. The van der Waals surface area contributed by atoms with Crippen molar-refractivity contribution >= 4 is 16.3 Å². The highest BCUT2D eigenvalue weighted by Gasteiger charge is 2.16. The molecule has 1 saturated heterocycles. The summed E-state index contributed by atoms with van der Waals surface area (Å²) in [4.78, 5) is 3.28. The molecule has 6 nitrogen and oxygen atoms in total. The van der Waals surface area contributed by atoms with Crippen LogP contribution in [0.15, 0.2) is 30.3 Å². The van der Waals surface area contributed by atoms with Crippen LogP contribution in [0.5, 0.6) is 0 Å². The highest BCUT2D eigenvalue weighted by molar-refractivity contribution is 7.16. The van der Waals surface area contributed by atoms with Crippen molar-refractivity contribution in [3.8, 4) is 11.4 Å². The Labute approximate surface area is 126 Å². The Morgan fingerprint density at radius 1 is 1.10 bits per heavy atom. The third-order valence-electron chi connectivity index (χ3n) is 3.63. The van der Waals surface area contributed by atoms with Gasteiger partial charge in [-0.15, -0.1) is 10.2 Å². The van der Waals surface area contributed by atoms with Gasteiger partial charge >= 0.3 is 0 Å². The summed E-state index contributed by atoms with van der Waals surface area (Å²) in [6.07, 6.45) is 0. The van der Waals surface area contributed by atoms with Crippen LogP contribution in [-0.4, -0.2) is 50.9 Å². The molecule has 0 spiro atoms. The third-order valence-corrected chi connectivity index (χ3v) is 4.52. The molecule has 0 bridgehead atoms. The summed E-state index contributed by atoms with van der Waals surface area (Å²) in [6, 6.07) is 10.1. The van der Waals surface area contributed by atoms with E-state index in [0.29, 0.717) is 0 Å². The molecule has 4 rings (SSSR count). The molecule has 3 heterocycles. The molecule has 0 saturated carbocycles. The Morgan fingerprint density at radius 3 is 2.71 bits per heavy atom. The molecule has 0 aliphatic carbocycles. The molecule has 2 aromatic heterocycles. The molecule has 0 unspecified atom stereocenters. The highest BCUT2D eigenvalue weighted by atomic mass is 32.1. The van der Waals surface area contributed by atoms with Crippen molar-refractivity contribution in [2.24, 2.45) is 0 Å². The second-order valence-corrected chi connectivity index (χ2v) is 6.15. The number of nitrogens with zero attached hydrogens (tertiary/aromatic N) is 5. The van der Waals surface area contributed by atoms with Crippen molar-refractivity contribution in [1.82, 2.24) is 30.0 Å². The molecule has 0 atom stereocenters. The molecule has 1 aliphatic rings. The normalized spacial score (nSPS) is 16.6. The summed E-state index contributed by atoms with van der Waals surface area (Å²) in [5.41, 5.74) is 1.05. The SMILES string of the molecule is c1ccc(-c2nnc3sc(CN4CCNCC4)nn23)cc1. The largest absolute Gasteiger partial charge is 0.314 e. The summed E-state index contributed by atoms with van der Waals surface area (Å²) in [5.74, 6) is 0.813. The van der Waals surface area contributed by atoms with Crippen molar-refractivity contribution in [3.05, 3.63) is 35.3 Å². The van der Waals surface area contributed by atoms with Crippen LogP contribution in [0, 0.1) is 0 Å². The minimum absolute atomic E-state index is 0.813. The van der Waals surface area contributed by atoms with Gasteiger partial charge in [0, 0.05) is 31.7 Å². The van der Waals surface area contributed by atoms with E-state index in [2.05, 4.69) is 20.4 Å². The lowest BCUT2D eigenvalue weighted by Crippen LogP contribution is -2.42. The minimum Gasteiger partial charge on any atom is -0.314 e. The van der Waals surface area contributed by atoms with Gasteiger partial charge in [-0.05, 0) is 0 Å². The van der Waals surface area contributed by atoms with Gasteiger partial charge in [0.05, 0.1) is 6.54 Å². The van der Waals surface area contributed by atoms with Crippen LogP contribution in [0.25, 0.3) is 16.3 Å². The fourth-order valence-corrected chi connectivity index (χ4v) is 3.42. The maximum absolute atomic E-state index is 4.69. The first-order chi connectivity index (χ1) is 10.4. The lowest BCUT2D eigenvalue weighted by molar-refractivity contribution is 0.232. The number of piperazine rings is 1. The van der Waals surface area contributed by atoms with Gasteiger partial charge in [0.25, 0.3) is 0 Å². The summed E-state index contributed by atoms with van der Waals surface area (Å²) in [7, 11) is 0. The van der Waals surface area contributed by atoms with E-state index in [4.69, 9.17) is 5.10 Å². The van der Waals surface area contributed by atoms with Crippen LogP contribution in [0.1, 0.15) is 5.01 Å². The third kappa shape index (κ3) is 2.55. The first-order valence-electron chi connectivity index (χ1n) is 7.10. The molecule has 21 heavy (non-hydrogen) atoms. The summed E-state index contributed by atoms with van der Waals surface area (Å²) < 4.78 is 1.86. The number of hydrogen-bond donors (Lipinski definition) is 1. The van der Waals surface area contributed by atoms with Crippen LogP contribution in [0.4, 0.5) is 0 Å². The van der Waals surface area contributed by atoms with Crippen LogP contribution < -0.4 is 5.32 Å². The van der Waals surface area contributed by atoms with Crippen LogP contribution >= 0.6 is 11.3 Å². The van der Waals surface area contributed by atoms with Gasteiger partial charge in [-0.25, -0.2) is 0 Å². The second kappa shape index (κ2) is 5.51. The predicted octanol–water partition coefficient (Wildman–Crippen LogP) is 1.26. The van der Waals surface area contributed by atoms with E-state index in [-0.39, 0.29) is 0 Å². The first-order valence-corrected chi connectivity index (χ1v) is 7.91. The topological polar surface area (TPSA) is 58.4 Å². The number of rotatable bonds is 3. The monoisotopic (exact) mass is 300 g/mol. The van der Waals surface area contributed by atoms with Crippen molar-refractivity contribution in [3.63, 3.8) is 0 Å². The molecule has 0 amide bonds. The molecule has 108 valence electrons. The van der Waals surface area contributed by atoms with Crippen LogP contribution in [-0.2, 0) is 6.54 Å². The molecular weight excluding hydrogens is 284 g/mol. The van der Waals surface area contributed by atoms with E-state index < -0.39 is 0 Å². The number of aromatic nitrogens is 4. The number of benzene rings is 1. The Kier molecular flexibility index (Phi) is 3.38. The first kappa shape index (κ1) is 12.9. The van der Waals surface area contributed by atoms with Crippen molar-refractivity contribution < 1.29 is 0 Å². The van der Waals surface area contributed by atoms with E-state index in [1.165, 1.54) is 0 Å². The molecule has 1 aliphatic heterocycles. The summed E-state index contributed by atoms with van der Waals surface area (Å²) in [6.45, 7) is 5.15. The molecule has 1 fully saturated rings. The Morgan fingerprint density at radius 2 is 1.90 bits per heavy atom. The van der Waals surface area contributed by atoms with Crippen molar-refractivity contribution in [2.45, 2.75) is 6.54 Å². The maximum atomic E-state index is 4.69. The van der Waals surface area contributed by atoms with Crippen molar-refractivity contribution in [2.75, 3.05) is 26.2 Å². The summed E-state index contributed by atoms with van der Waals surface area (Å²) >= 11 is 1.62. The Balaban J connectivity index is 1.63. The van der Waals surface area contributed by atoms with E-state index in [0.717, 1.165) is 54.1 Å². The standard InChI is InChI=1S/C14H16N6S/c1-2-4-11(5-3-1)13-16-17-14-20(13)18-12(21-14)10-19-8-6-15-7-9-19/h1-5,15H,6-10H2. The van der Waals surface area contributed by atoms with Crippen LogP contribution in [0.3, 0.4) is 0 Å². The van der Waals surface area contributed by atoms with Gasteiger partial charge in [-0.2, -0.15) is 9.61 Å². The smallest absolute Gasteiger partial charge is 0.235 e. The molecule has 1 N–H and O–H groups in total. The molecular formula is C14H16N6S. The average molecular weight is 300 g/mol. The quantitative estimate of drug-likeness (QED) is 0.789. The average Bonchev–Trinajstić information content (AvgIpc) is 3.09. The van der Waals surface area contributed by atoms with E-state index in [1.54, 1.807) is 11.3 Å². The van der Waals surface area contributed by atoms with E-state index in [9.17, 15) is 0 Å². The van der Waals surface area contributed by atoms with Gasteiger partial charge < -0.3 is 5.32 Å². The fraction of sp³-hybridized carbons (Fsp3) is 0.357. The van der Waals surface area contributed by atoms with E-state index >= 15 is 0 Å². The molecule has 0 radical (unpaired) electrons. The van der Waals surface area contributed by atoms with E-state index in [1.807, 2.05) is 34.8 Å². The number of hydrogen-bond acceptors (Lipinski definition) is 6. The van der Waals surface area contributed by atoms with Gasteiger partial charge in [0.15, 0.2) is 5.82 Å². The number of nitrogens with one attached hydrogen (secondary N) is 1.